The van der Waals surface area contributed by atoms with Crippen LogP contribution < -0.4 is 11.0 Å². The standard InChI is InChI=1S/C21H24N4O4/c1-21(2,3)29-19(27)16(23-13-26)12-14-7-9-15(10-8-14)25-18-17(6-5-11-22-18)24(4)20(25)28/h5-11,13,16H,12H2,1-4H3,(H,23,26)/t16-/m0/s1. The van der Waals surface area contributed by atoms with Crippen LogP contribution in [-0.4, -0.2) is 38.1 Å². The molecule has 29 heavy (non-hydrogen) atoms. The van der Waals surface area contributed by atoms with E-state index in [1.807, 2.05) is 18.2 Å². The van der Waals surface area contributed by atoms with Crippen LogP contribution in [0.3, 0.4) is 0 Å². The molecule has 0 spiro atoms. The predicted octanol–water partition coefficient (Wildman–Crippen LogP) is 1.72. The van der Waals surface area contributed by atoms with Crippen LogP contribution in [0.1, 0.15) is 26.3 Å². The van der Waals surface area contributed by atoms with Gasteiger partial charge in [0.15, 0.2) is 5.65 Å². The van der Waals surface area contributed by atoms with Gasteiger partial charge in [0.1, 0.15) is 11.6 Å². The molecular formula is C21H24N4O4. The lowest BCUT2D eigenvalue weighted by atomic mass is 10.1. The van der Waals surface area contributed by atoms with Gasteiger partial charge in [-0.05, 0) is 50.6 Å². The van der Waals surface area contributed by atoms with Gasteiger partial charge in [0, 0.05) is 19.7 Å². The van der Waals surface area contributed by atoms with Crippen molar-refractivity contribution < 1.29 is 14.3 Å². The van der Waals surface area contributed by atoms with Gasteiger partial charge in [-0.15, -0.1) is 0 Å². The van der Waals surface area contributed by atoms with E-state index in [1.165, 1.54) is 4.57 Å². The van der Waals surface area contributed by atoms with Crippen molar-refractivity contribution >= 4 is 23.5 Å². The molecule has 8 heteroatoms. The van der Waals surface area contributed by atoms with Crippen LogP contribution in [0, 0.1) is 0 Å². The molecule has 0 unspecified atom stereocenters. The Balaban J connectivity index is 1.87. The van der Waals surface area contributed by atoms with Gasteiger partial charge in [0.25, 0.3) is 0 Å². The first kappa shape index (κ1) is 20.3. The van der Waals surface area contributed by atoms with Gasteiger partial charge in [0.2, 0.25) is 6.41 Å². The maximum Gasteiger partial charge on any atom is 0.334 e. The Bertz CT molecular complexity index is 1090. The molecule has 1 N–H and O–H groups in total. The third-order valence-corrected chi connectivity index (χ3v) is 4.41. The number of hydrogen-bond acceptors (Lipinski definition) is 5. The number of hydrogen-bond donors (Lipinski definition) is 1. The Morgan fingerprint density at radius 1 is 1.24 bits per heavy atom. The van der Waals surface area contributed by atoms with Crippen molar-refractivity contribution in [1.82, 2.24) is 19.4 Å². The molecule has 8 nitrogen and oxygen atoms in total. The molecule has 0 aliphatic rings. The van der Waals surface area contributed by atoms with E-state index in [9.17, 15) is 14.4 Å². The van der Waals surface area contributed by atoms with E-state index in [0.29, 0.717) is 17.7 Å². The molecule has 2 heterocycles. The Morgan fingerprint density at radius 3 is 2.55 bits per heavy atom. The molecule has 1 aromatic carbocycles. The highest BCUT2D eigenvalue weighted by Crippen LogP contribution is 2.17. The maximum atomic E-state index is 12.6. The number of pyridine rings is 1. The number of ether oxygens (including phenoxy) is 1. The number of fused-ring (bicyclic) bond motifs is 1. The number of amides is 1. The quantitative estimate of drug-likeness (QED) is 0.506. The monoisotopic (exact) mass is 396 g/mol. The first-order valence-corrected chi connectivity index (χ1v) is 9.25. The smallest absolute Gasteiger partial charge is 0.334 e. The molecule has 1 amide bonds. The number of rotatable bonds is 6. The van der Waals surface area contributed by atoms with E-state index >= 15 is 0 Å². The van der Waals surface area contributed by atoms with Crippen LogP contribution in [0.15, 0.2) is 47.4 Å². The number of esters is 1. The molecule has 0 radical (unpaired) electrons. The molecule has 0 aliphatic heterocycles. The third-order valence-electron chi connectivity index (χ3n) is 4.41. The van der Waals surface area contributed by atoms with E-state index in [2.05, 4.69) is 10.3 Å². The summed E-state index contributed by atoms with van der Waals surface area (Å²) in [4.78, 5) is 40.2. The second-order valence-corrected chi connectivity index (χ2v) is 7.76. The second kappa shape index (κ2) is 7.90. The summed E-state index contributed by atoms with van der Waals surface area (Å²) in [6.07, 6.45) is 2.41. The van der Waals surface area contributed by atoms with Crippen LogP contribution in [-0.2, 0) is 27.8 Å². The van der Waals surface area contributed by atoms with Gasteiger partial charge in [-0.25, -0.2) is 19.1 Å². The first-order chi connectivity index (χ1) is 13.7. The van der Waals surface area contributed by atoms with Crippen LogP contribution in [0.4, 0.5) is 0 Å². The molecule has 0 bridgehead atoms. The van der Waals surface area contributed by atoms with Gasteiger partial charge >= 0.3 is 11.7 Å². The molecule has 0 saturated carbocycles. The van der Waals surface area contributed by atoms with Crippen molar-refractivity contribution in [3.8, 4) is 5.69 Å². The van der Waals surface area contributed by atoms with Crippen LogP contribution >= 0.6 is 0 Å². The summed E-state index contributed by atoms with van der Waals surface area (Å²) < 4.78 is 8.45. The third kappa shape index (κ3) is 4.37. The summed E-state index contributed by atoms with van der Waals surface area (Å²) >= 11 is 0. The maximum absolute atomic E-state index is 12.6. The van der Waals surface area contributed by atoms with E-state index in [0.717, 1.165) is 11.1 Å². The molecule has 2 aromatic heterocycles. The fourth-order valence-corrected chi connectivity index (χ4v) is 3.08. The summed E-state index contributed by atoms with van der Waals surface area (Å²) in [6, 6.07) is 10.0. The van der Waals surface area contributed by atoms with Crippen molar-refractivity contribution in [1.29, 1.82) is 0 Å². The van der Waals surface area contributed by atoms with Crippen molar-refractivity contribution in [2.75, 3.05) is 0 Å². The van der Waals surface area contributed by atoms with E-state index in [1.54, 1.807) is 56.8 Å². The average molecular weight is 396 g/mol. The molecule has 1 atom stereocenters. The summed E-state index contributed by atoms with van der Waals surface area (Å²) in [5, 5.41) is 2.51. The van der Waals surface area contributed by atoms with Crippen molar-refractivity contribution in [2.24, 2.45) is 7.05 Å². The van der Waals surface area contributed by atoms with Crippen molar-refractivity contribution in [3.63, 3.8) is 0 Å². The summed E-state index contributed by atoms with van der Waals surface area (Å²) in [6.45, 7) is 5.31. The second-order valence-electron chi connectivity index (χ2n) is 7.76. The van der Waals surface area contributed by atoms with E-state index in [4.69, 9.17) is 4.74 Å². The lowest BCUT2D eigenvalue weighted by Gasteiger charge is -2.23. The molecule has 0 aliphatic carbocycles. The molecular weight excluding hydrogens is 372 g/mol. The van der Waals surface area contributed by atoms with Gasteiger partial charge < -0.3 is 10.1 Å². The minimum Gasteiger partial charge on any atom is -0.458 e. The van der Waals surface area contributed by atoms with Gasteiger partial charge in [-0.1, -0.05) is 12.1 Å². The first-order valence-electron chi connectivity index (χ1n) is 9.25. The largest absolute Gasteiger partial charge is 0.458 e. The van der Waals surface area contributed by atoms with Crippen LogP contribution in [0.2, 0.25) is 0 Å². The van der Waals surface area contributed by atoms with Gasteiger partial charge in [-0.3, -0.25) is 9.36 Å². The fourth-order valence-electron chi connectivity index (χ4n) is 3.08. The SMILES string of the molecule is Cn1c(=O)n(-c2ccc(C[C@H](NC=O)C(=O)OC(C)(C)C)cc2)c2ncccc21. The number of aryl methyl sites for hydroxylation is 1. The normalized spacial score (nSPS) is 12.6. The summed E-state index contributed by atoms with van der Waals surface area (Å²) in [5.41, 5.74) is 1.96. The lowest BCUT2D eigenvalue weighted by Crippen LogP contribution is -2.42. The topological polar surface area (TPSA) is 95.2 Å². The lowest BCUT2D eigenvalue weighted by molar-refractivity contribution is -0.158. The van der Waals surface area contributed by atoms with Gasteiger partial charge in [0.05, 0.1) is 11.2 Å². The Hall–Kier alpha value is -3.42. The molecule has 3 aromatic rings. The number of carbonyl (C=O) groups excluding carboxylic acids is 2. The fraction of sp³-hybridized carbons (Fsp3) is 0.333. The van der Waals surface area contributed by atoms with Crippen LogP contribution in [0.5, 0.6) is 0 Å². The number of aromatic nitrogens is 3. The molecule has 0 saturated heterocycles. The van der Waals surface area contributed by atoms with Crippen LogP contribution in [0.25, 0.3) is 16.9 Å². The minimum absolute atomic E-state index is 0.194. The zero-order valence-electron chi connectivity index (χ0n) is 16.9. The Morgan fingerprint density at radius 2 is 1.93 bits per heavy atom. The molecule has 152 valence electrons. The molecule has 0 fully saturated rings. The number of imidazole rings is 1. The highest BCUT2D eigenvalue weighted by molar-refractivity contribution is 5.79. The Labute approximate surface area is 168 Å². The zero-order chi connectivity index (χ0) is 21.2. The number of benzene rings is 1. The predicted molar refractivity (Wildman–Crippen MR) is 109 cm³/mol. The average Bonchev–Trinajstić information content (AvgIpc) is 2.92. The molecule has 3 rings (SSSR count). The van der Waals surface area contributed by atoms with Crippen molar-refractivity contribution in [3.05, 3.63) is 58.6 Å². The van der Waals surface area contributed by atoms with E-state index in [-0.39, 0.29) is 12.1 Å². The summed E-state index contributed by atoms with van der Waals surface area (Å²) in [5.74, 6) is -0.497. The van der Waals surface area contributed by atoms with E-state index < -0.39 is 17.6 Å². The highest BCUT2D eigenvalue weighted by atomic mass is 16.6. The number of carbonyl (C=O) groups is 2. The van der Waals surface area contributed by atoms with Gasteiger partial charge in [-0.2, -0.15) is 0 Å². The summed E-state index contributed by atoms with van der Waals surface area (Å²) in [7, 11) is 1.70. The Kier molecular flexibility index (Phi) is 5.54. The van der Waals surface area contributed by atoms with Crippen molar-refractivity contribution in [2.45, 2.75) is 38.8 Å². The highest BCUT2D eigenvalue weighted by Gasteiger charge is 2.25. The number of nitrogens with one attached hydrogen (secondary N) is 1. The minimum atomic E-state index is -0.792. The zero-order valence-corrected chi connectivity index (χ0v) is 16.9. The number of nitrogens with zero attached hydrogens (tertiary/aromatic N) is 3.